The van der Waals surface area contributed by atoms with E-state index in [9.17, 15) is 0 Å². The van der Waals surface area contributed by atoms with Crippen LogP contribution >= 0.6 is 0 Å². The Kier molecular flexibility index (Phi) is 2.42. The fourth-order valence-corrected chi connectivity index (χ4v) is 1.61. The lowest BCUT2D eigenvalue weighted by molar-refractivity contribution is 1.28. The minimum Gasteiger partial charge on any atom is -0.399 e. The Bertz CT molecular complexity index is 490. The average molecular weight is 198 g/mol. The van der Waals surface area contributed by atoms with Gasteiger partial charge in [-0.25, -0.2) is 0 Å². The van der Waals surface area contributed by atoms with E-state index in [-0.39, 0.29) is 0 Å². The molecule has 2 N–H and O–H groups in total. The van der Waals surface area contributed by atoms with Crippen LogP contribution in [0.25, 0.3) is 11.1 Å². The van der Waals surface area contributed by atoms with Gasteiger partial charge in [0.05, 0.1) is 0 Å². The van der Waals surface area contributed by atoms with Crippen molar-refractivity contribution in [2.45, 2.75) is 13.8 Å². The van der Waals surface area contributed by atoms with Gasteiger partial charge in [0.15, 0.2) is 0 Å². The zero-order valence-electron chi connectivity index (χ0n) is 8.99. The molecule has 0 aliphatic heterocycles. The zero-order chi connectivity index (χ0) is 10.8. The summed E-state index contributed by atoms with van der Waals surface area (Å²) in [4.78, 5) is 4.14. The summed E-state index contributed by atoms with van der Waals surface area (Å²) >= 11 is 0. The minimum atomic E-state index is 0.834. The van der Waals surface area contributed by atoms with E-state index in [4.69, 9.17) is 5.73 Å². The molecule has 0 spiro atoms. The lowest BCUT2D eigenvalue weighted by Crippen LogP contribution is -1.91. The molecule has 0 saturated carbocycles. The molecule has 2 heteroatoms. The molecular weight excluding hydrogens is 184 g/mol. The van der Waals surface area contributed by atoms with Crippen molar-refractivity contribution in [3.05, 3.63) is 47.8 Å². The molecule has 1 heterocycles. The van der Waals surface area contributed by atoms with E-state index < -0.39 is 0 Å². The van der Waals surface area contributed by atoms with Gasteiger partial charge in [-0.3, -0.25) is 4.98 Å². The van der Waals surface area contributed by atoms with Crippen LogP contribution in [-0.4, -0.2) is 4.98 Å². The molecule has 0 unspecified atom stereocenters. The van der Waals surface area contributed by atoms with Gasteiger partial charge in [-0.15, -0.1) is 0 Å². The molecule has 0 radical (unpaired) electrons. The molecule has 0 aliphatic carbocycles. The summed E-state index contributed by atoms with van der Waals surface area (Å²) in [5.74, 6) is 0. The predicted octanol–water partition coefficient (Wildman–Crippen LogP) is 2.95. The first-order valence-electron chi connectivity index (χ1n) is 4.95. The van der Waals surface area contributed by atoms with Crippen LogP contribution in [0, 0.1) is 13.8 Å². The second kappa shape index (κ2) is 3.73. The largest absolute Gasteiger partial charge is 0.399 e. The quantitative estimate of drug-likeness (QED) is 0.715. The summed E-state index contributed by atoms with van der Waals surface area (Å²) < 4.78 is 0. The molecule has 0 atom stereocenters. The molecule has 0 aliphatic rings. The van der Waals surface area contributed by atoms with Gasteiger partial charge in [-0.1, -0.05) is 6.07 Å². The van der Waals surface area contributed by atoms with E-state index in [1.807, 2.05) is 37.5 Å². The summed E-state index contributed by atoms with van der Waals surface area (Å²) in [6.07, 6.45) is 3.70. The number of rotatable bonds is 1. The Balaban J connectivity index is 2.55. The number of nitrogens with zero attached hydrogens (tertiary/aromatic N) is 1. The number of benzene rings is 1. The van der Waals surface area contributed by atoms with Crippen LogP contribution in [-0.2, 0) is 0 Å². The Hall–Kier alpha value is -1.83. The number of anilines is 1. The van der Waals surface area contributed by atoms with Gasteiger partial charge in [0.1, 0.15) is 0 Å². The predicted molar refractivity (Wildman–Crippen MR) is 63.6 cm³/mol. The summed E-state index contributed by atoms with van der Waals surface area (Å²) in [5.41, 5.74) is 11.3. The first-order chi connectivity index (χ1) is 7.18. The van der Waals surface area contributed by atoms with Crippen molar-refractivity contribution in [2.24, 2.45) is 0 Å². The molecule has 2 aromatic rings. The van der Waals surface area contributed by atoms with E-state index in [1.54, 1.807) is 0 Å². The monoisotopic (exact) mass is 198 g/mol. The molecule has 0 bridgehead atoms. The first kappa shape index (κ1) is 9.71. The Labute approximate surface area is 89.8 Å². The fraction of sp³-hybridized carbons (Fsp3) is 0.154. The third-order valence-electron chi connectivity index (χ3n) is 2.62. The number of nitrogens with two attached hydrogens (primary N) is 1. The lowest BCUT2D eigenvalue weighted by Gasteiger charge is -2.07. The zero-order valence-corrected chi connectivity index (χ0v) is 8.99. The molecule has 0 saturated heterocycles. The molecule has 1 aromatic heterocycles. The summed E-state index contributed by atoms with van der Waals surface area (Å²) in [6, 6.07) is 8.09. The van der Waals surface area contributed by atoms with Crippen molar-refractivity contribution in [3.63, 3.8) is 0 Å². The van der Waals surface area contributed by atoms with Crippen molar-refractivity contribution in [2.75, 3.05) is 5.73 Å². The van der Waals surface area contributed by atoms with Crippen molar-refractivity contribution >= 4 is 5.69 Å². The van der Waals surface area contributed by atoms with Gasteiger partial charge in [0.25, 0.3) is 0 Å². The van der Waals surface area contributed by atoms with E-state index in [0.717, 1.165) is 11.3 Å². The maximum atomic E-state index is 5.79. The van der Waals surface area contributed by atoms with Crippen LogP contribution in [0.15, 0.2) is 36.7 Å². The molecule has 2 rings (SSSR count). The Morgan fingerprint density at radius 1 is 1.07 bits per heavy atom. The number of pyridine rings is 1. The molecule has 15 heavy (non-hydrogen) atoms. The van der Waals surface area contributed by atoms with Crippen LogP contribution in [0.4, 0.5) is 5.69 Å². The fourth-order valence-electron chi connectivity index (χ4n) is 1.61. The van der Waals surface area contributed by atoms with E-state index in [1.165, 1.54) is 16.7 Å². The molecule has 0 amide bonds. The SMILES string of the molecule is Cc1cc(-c2cnccc2C)ccc1N. The number of aryl methyl sites for hydroxylation is 2. The standard InChI is InChI=1S/C13H14N2/c1-9-5-6-15-8-12(9)11-3-4-13(14)10(2)7-11/h3-8H,14H2,1-2H3. The summed E-state index contributed by atoms with van der Waals surface area (Å²) in [6.45, 7) is 4.10. The van der Waals surface area contributed by atoms with Crippen molar-refractivity contribution in [3.8, 4) is 11.1 Å². The third kappa shape index (κ3) is 1.84. The number of nitrogen functional groups attached to an aromatic ring is 1. The van der Waals surface area contributed by atoms with Crippen LogP contribution in [0.1, 0.15) is 11.1 Å². The lowest BCUT2D eigenvalue weighted by atomic mass is 10.0. The first-order valence-corrected chi connectivity index (χ1v) is 4.95. The number of hydrogen-bond acceptors (Lipinski definition) is 2. The van der Waals surface area contributed by atoms with Crippen LogP contribution in [0.3, 0.4) is 0 Å². The Morgan fingerprint density at radius 3 is 2.53 bits per heavy atom. The van der Waals surface area contributed by atoms with Gasteiger partial charge in [0.2, 0.25) is 0 Å². The highest BCUT2D eigenvalue weighted by atomic mass is 14.6. The minimum absolute atomic E-state index is 0.834. The van der Waals surface area contributed by atoms with Gasteiger partial charge in [-0.05, 0) is 48.7 Å². The Morgan fingerprint density at radius 2 is 1.87 bits per heavy atom. The van der Waals surface area contributed by atoms with E-state index in [2.05, 4.69) is 18.0 Å². The van der Waals surface area contributed by atoms with Crippen molar-refractivity contribution < 1.29 is 0 Å². The molecule has 76 valence electrons. The second-order valence-corrected chi connectivity index (χ2v) is 3.76. The summed E-state index contributed by atoms with van der Waals surface area (Å²) in [7, 11) is 0. The molecule has 2 nitrogen and oxygen atoms in total. The highest BCUT2D eigenvalue weighted by Gasteiger charge is 2.02. The van der Waals surface area contributed by atoms with Crippen LogP contribution in [0.5, 0.6) is 0 Å². The average Bonchev–Trinajstić information content (AvgIpc) is 2.23. The highest BCUT2D eigenvalue weighted by Crippen LogP contribution is 2.25. The molecule has 1 aromatic carbocycles. The smallest absolute Gasteiger partial charge is 0.0349 e. The van der Waals surface area contributed by atoms with Crippen LogP contribution in [0.2, 0.25) is 0 Å². The maximum Gasteiger partial charge on any atom is 0.0349 e. The van der Waals surface area contributed by atoms with Crippen molar-refractivity contribution in [1.82, 2.24) is 4.98 Å². The molecular formula is C13H14N2. The van der Waals surface area contributed by atoms with Gasteiger partial charge < -0.3 is 5.73 Å². The second-order valence-electron chi connectivity index (χ2n) is 3.76. The van der Waals surface area contributed by atoms with Gasteiger partial charge in [-0.2, -0.15) is 0 Å². The van der Waals surface area contributed by atoms with E-state index in [0.29, 0.717) is 0 Å². The van der Waals surface area contributed by atoms with Crippen LogP contribution < -0.4 is 5.73 Å². The maximum absolute atomic E-state index is 5.79. The number of aromatic nitrogens is 1. The normalized spacial score (nSPS) is 10.3. The third-order valence-corrected chi connectivity index (χ3v) is 2.62. The highest BCUT2D eigenvalue weighted by molar-refractivity contribution is 5.69. The topological polar surface area (TPSA) is 38.9 Å². The van der Waals surface area contributed by atoms with Gasteiger partial charge in [0, 0.05) is 23.6 Å². The molecule has 0 fully saturated rings. The number of hydrogen-bond donors (Lipinski definition) is 1. The van der Waals surface area contributed by atoms with Crippen molar-refractivity contribution in [1.29, 1.82) is 0 Å². The summed E-state index contributed by atoms with van der Waals surface area (Å²) in [5, 5.41) is 0. The van der Waals surface area contributed by atoms with Gasteiger partial charge >= 0.3 is 0 Å². The van der Waals surface area contributed by atoms with E-state index >= 15 is 0 Å².